The van der Waals surface area contributed by atoms with E-state index in [1.54, 1.807) is 27.7 Å². The number of nitrogens with two attached hydrogens (primary N) is 1. The van der Waals surface area contributed by atoms with Crippen molar-refractivity contribution in [2.24, 2.45) is 5.73 Å². The maximum atomic E-state index is 14.0. The normalized spacial score (nSPS) is 10.8. The van der Waals surface area contributed by atoms with E-state index < -0.39 is 23.6 Å². The highest BCUT2D eigenvalue weighted by Crippen LogP contribution is 2.24. The minimum absolute atomic E-state index is 0.0611. The van der Waals surface area contributed by atoms with Crippen LogP contribution in [-0.4, -0.2) is 28.9 Å². The molecule has 0 spiro atoms. The summed E-state index contributed by atoms with van der Waals surface area (Å²) in [6, 6.07) is 2.31. The molecule has 4 N–H and O–H groups in total. The second kappa shape index (κ2) is 7.61. The van der Waals surface area contributed by atoms with Gasteiger partial charge in [-0.15, -0.1) is 0 Å². The van der Waals surface area contributed by atoms with E-state index in [1.807, 2.05) is 0 Å². The Bertz CT molecular complexity index is 932. The Morgan fingerprint density at radius 1 is 1.15 bits per heavy atom. The van der Waals surface area contributed by atoms with Crippen LogP contribution in [0.15, 0.2) is 12.1 Å². The molecule has 0 radical (unpaired) electrons. The lowest BCUT2D eigenvalue weighted by atomic mass is 10.1. The molecule has 2 rings (SSSR count). The van der Waals surface area contributed by atoms with Crippen LogP contribution in [0.5, 0.6) is 0 Å². The van der Waals surface area contributed by atoms with Crippen molar-refractivity contribution >= 4 is 23.5 Å². The SMILES string of the molecule is Cc1[nH]c(C(=O)Nc2cc(C(N)=O)cc(F)c2C)c(C)c1C(=O)OC(C)C. The highest BCUT2D eigenvalue weighted by atomic mass is 19.1. The number of primary amides is 1. The molecule has 0 unspecified atom stereocenters. The zero-order valence-corrected chi connectivity index (χ0v) is 15.8. The number of aromatic amines is 1. The summed E-state index contributed by atoms with van der Waals surface area (Å²) < 4.78 is 19.2. The minimum atomic E-state index is -0.810. The molecule has 1 heterocycles. The summed E-state index contributed by atoms with van der Waals surface area (Å²) in [6.07, 6.45) is -0.300. The zero-order chi connectivity index (χ0) is 20.5. The van der Waals surface area contributed by atoms with Crippen molar-refractivity contribution in [1.82, 2.24) is 4.98 Å². The van der Waals surface area contributed by atoms with E-state index in [0.717, 1.165) is 6.07 Å². The molecule has 0 saturated carbocycles. The van der Waals surface area contributed by atoms with Gasteiger partial charge in [0, 0.05) is 22.5 Å². The molecule has 0 aliphatic rings. The fraction of sp³-hybridized carbons (Fsp3) is 0.316. The molecule has 2 amide bonds. The van der Waals surface area contributed by atoms with E-state index in [2.05, 4.69) is 10.3 Å². The first-order chi connectivity index (χ1) is 12.5. The van der Waals surface area contributed by atoms with Gasteiger partial charge in [0.1, 0.15) is 11.5 Å². The van der Waals surface area contributed by atoms with Gasteiger partial charge in [-0.05, 0) is 52.3 Å². The Balaban J connectivity index is 2.38. The summed E-state index contributed by atoms with van der Waals surface area (Å²) in [7, 11) is 0. The third kappa shape index (κ3) is 4.16. The number of halogens is 1. The quantitative estimate of drug-likeness (QED) is 0.697. The second-order valence-electron chi connectivity index (χ2n) is 6.53. The fourth-order valence-electron chi connectivity index (χ4n) is 2.69. The van der Waals surface area contributed by atoms with E-state index in [-0.39, 0.29) is 34.2 Å². The number of carbonyl (C=O) groups excluding carboxylic acids is 3. The molecule has 0 bridgehead atoms. The second-order valence-corrected chi connectivity index (χ2v) is 6.53. The number of hydrogen-bond donors (Lipinski definition) is 3. The number of hydrogen-bond acceptors (Lipinski definition) is 4. The van der Waals surface area contributed by atoms with Crippen molar-refractivity contribution in [1.29, 1.82) is 0 Å². The van der Waals surface area contributed by atoms with Crippen molar-refractivity contribution in [3.63, 3.8) is 0 Å². The van der Waals surface area contributed by atoms with E-state index in [9.17, 15) is 18.8 Å². The maximum absolute atomic E-state index is 14.0. The van der Waals surface area contributed by atoms with Crippen LogP contribution in [0.4, 0.5) is 10.1 Å². The Kier molecular flexibility index (Phi) is 5.68. The van der Waals surface area contributed by atoms with Crippen molar-refractivity contribution in [2.75, 3.05) is 5.32 Å². The van der Waals surface area contributed by atoms with Crippen molar-refractivity contribution in [3.05, 3.63) is 51.6 Å². The molecule has 2 aromatic rings. The highest BCUT2D eigenvalue weighted by molar-refractivity contribution is 6.07. The van der Waals surface area contributed by atoms with Gasteiger partial charge >= 0.3 is 5.97 Å². The lowest BCUT2D eigenvalue weighted by Crippen LogP contribution is -2.17. The molecule has 0 aliphatic heterocycles. The van der Waals surface area contributed by atoms with Gasteiger partial charge in [-0.25, -0.2) is 9.18 Å². The number of nitrogens with one attached hydrogen (secondary N) is 2. The number of carbonyl (C=O) groups is 3. The number of anilines is 1. The molecular weight excluding hydrogens is 353 g/mol. The van der Waals surface area contributed by atoms with Gasteiger partial charge in [0.2, 0.25) is 5.91 Å². The predicted molar refractivity (Wildman–Crippen MR) is 98.4 cm³/mol. The molecule has 0 saturated heterocycles. The van der Waals surface area contributed by atoms with Crippen LogP contribution < -0.4 is 11.1 Å². The van der Waals surface area contributed by atoms with Crippen LogP contribution in [0.3, 0.4) is 0 Å². The van der Waals surface area contributed by atoms with Crippen LogP contribution in [0, 0.1) is 26.6 Å². The molecule has 0 fully saturated rings. The van der Waals surface area contributed by atoms with Gasteiger partial charge in [0.15, 0.2) is 0 Å². The molecule has 1 aromatic heterocycles. The first kappa shape index (κ1) is 20.2. The molecule has 0 atom stereocenters. The zero-order valence-electron chi connectivity index (χ0n) is 15.8. The summed E-state index contributed by atoms with van der Waals surface area (Å²) in [4.78, 5) is 39.1. The third-order valence-corrected chi connectivity index (χ3v) is 4.09. The van der Waals surface area contributed by atoms with Gasteiger partial charge in [-0.1, -0.05) is 0 Å². The predicted octanol–water partition coefficient (Wildman–Crippen LogP) is 3.00. The van der Waals surface area contributed by atoms with Gasteiger partial charge < -0.3 is 20.8 Å². The minimum Gasteiger partial charge on any atom is -0.459 e. The third-order valence-electron chi connectivity index (χ3n) is 4.09. The Morgan fingerprint density at radius 3 is 2.33 bits per heavy atom. The largest absolute Gasteiger partial charge is 0.459 e. The average Bonchev–Trinajstić information content (AvgIpc) is 2.85. The first-order valence-corrected chi connectivity index (χ1v) is 8.34. The lowest BCUT2D eigenvalue weighted by molar-refractivity contribution is 0.0376. The van der Waals surface area contributed by atoms with Crippen molar-refractivity contribution in [3.8, 4) is 0 Å². The Labute approximate surface area is 156 Å². The smallest absolute Gasteiger partial charge is 0.340 e. The molecular formula is C19H22FN3O4. The molecule has 27 heavy (non-hydrogen) atoms. The summed E-state index contributed by atoms with van der Waals surface area (Å²) in [6.45, 7) is 8.19. The average molecular weight is 375 g/mol. The van der Waals surface area contributed by atoms with E-state index in [4.69, 9.17) is 10.5 Å². The number of benzene rings is 1. The van der Waals surface area contributed by atoms with Crippen LogP contribution in [0.25, 0.3) is 0 Å². The summed E-state index contributed by atoms with van der Waals surface area (Å²) in [5.41, 5.74) is 6.73. The standard InChI is InChI=1S/C19H22FN3O4/c1-8(2)27-19(26)15-10(4)16(22-11(15)5)18(25)23-14-7-12(17(21)24)6-13(20)9(14)3/h6-8,22H,1-5H3,(H2,21,24)(H,23,25). The summed E-state index contributed by atoms with van der Waals surface area (Å²) >= 11 is 0. The number of aryl methyl sites for hydroxylation is 1. The topological polar surface area (TPSA) is 114 Å². The Morgan fingerprint density at radius 2 is 1.78 bits per heavy atom. The van der Waals surface area contributed by atoms with Gasteiger partial charge in [-0.2, -0.15) is 0 Å². The monoisotopic (exact) mass is 375 g/mol. The molecule has 7 nitrogen and oxygen atoms in total. The maximum Gasteiger partial charge on any atom is 0.340 e. The first-order valence-electron chi connectivity index (χ1n) is 8.34. The molecule has 8 heteroatoms. The number of rotatable bonds is 5. The van der Waals surface area contributed by atoms with Crippen LogP contribution in [-0.2, 0) is 4.74 Å². The van der Waals surface area contributed by atoms with Crippen molar-refractivity contribution < 1.29 is 23.5 Å². The molecule has 0 aliphatic carbocycles. The summed E-state index contributed by atoms with van der Waals surface area (Å²) in [5, 5.41) is 2.55. The van der Waals surface area contributed by atoms with Gasteiger partial charge in [-0.3, -0.25) is 9.59 Å². The van der Waals surface area contributed by atoms with E-state index in [0.29, 0.717) is 11.3 Å². The number of H-pyrrole nitrogens is 1. The van der Waals surface area contributed by atoms with E-state index >= 15 is 0 Å². The lowest BCUT2D eigenvalue weighted by Gasteiger charge is -2.11. The summed E-state index contributed by atoms with van der Waals surface area (Å²) in [5.74, 6) is -2.59. The van der Waals surface area contributed by atoms with Crippen LogP contribution in [0.2, 0.25) is 0 Å². The number of esters is 1. The number of ether oxygens (including phenoxy) is 1. The van der Waals surface area contributed by atoms with Gasteiger partial charge in [0.05, 0.1) is 11.7 Å². The van der Waals surface area contributed by atoms with Crippen LogP contribution >= 0.6 is 0 Å². The number of amides is 2. The number of aromatic nitrogens is 1. The van der Waals surface area contributed by atoms with Crippen molar-refractivity contribution in [2.45, 2.75) is 40.7 Å². The molecule has 1 aromatic carbocycles. The fourth-order valence-corrected chi connectivity index (χ4v) is 2.69. The van der Waals surface area contributed by atoms with E-state index in [1.165, 1.54) is 13.0 Å². The van der Waals surface area contributed by atoms with Crippen LogP contribution in [0.1, 0.15) is 61.9 Å². The molecule has 144 valence electrons. The Hall–Kier alpha value is -3.16. The van der Waals surface area contributed by atoms with Gasteiger partial charge in [0.25, 0.3) is 5.91 Å². The highest BCUT2D eigenvalue weighted by Gasteiger charge is 2.24.